The Morgan fingerprint density at radius 1 is 1.03 bits per heavy atom. The number of imide groups is 1. The summed E-state index contributed by atoms with van der Waals surface area (Å²) in [4.78, 5) is 43.8. The minimum Gasteiger partial charge on any atom is -0.461 e. The van der Waals surface area contributed by atoms with Crippen molar-refractivity contribution in [2.75, 3.05) is 13.2 Å². The SMILES string of the molecule is CCOC(=O)c1nn(C2CC(CN(C(=O)OC(C)(C)C)C(=O)OC(C)(C)C)C2)cc1-c1cccc(C)n1. The van der Waals surface area contributed by atoms with Gasteiger partial charge in [0, 0.05) is 18.4 Å². The molecule has 0 spiro atoms. The third kappa shape index (κ3) is 7.53. The topological polar surface area (TPSA) is 113 Å². The number of pyridine rings is 1. The standard InChI is InChI=1S/C27H38N4O6/c1-9-35-23(32)22-20(21-12-10-11-17(2)28-21)16-31(29-22)19-13-18(14-19)15-30(24(33)36-26(3,4)5)25(34)37-27(6,7)8/h10-12,16,18-19H,9,13-15H2,1-8H3. The summed E-state index contributed by atoms with van der Waals surface area (Å²) in [6, 6.07) is 5.59. The molecule has 0 N–H and O–H groups in total. The minimum atomic E-state index is -0.752. The fraction of sp³-hybridized carbons (Fsp3) is 0.593. The lowest BCUT2D eigenvalue weighted by Gasteiger charge is -2.38. The third-order valence-electron chi connectivity index (χ3n) is 5.62. The van der Waals surface area contributed by atoms with Crippen LogP contribution in [0.5, 0.6) is 0 Å². The molecule has 0 bridgehead atoms. The Kier molecular flexibility index (Phi) is 8.29. The quantitative estimate of drug-likeness (QED) is 0.364. The number of carbonyl (C=O) groups excluding carboxylic acids is 3. The highest BCUT2D eigenvalue weighted by molar-refractivity contribution is 5.94. The Balaban J connectivity index is 1.77. The van der Waals surface area contributed by atoms with Crippen LogP contribution in [0.4, 0.5) is 9.59 Å². The fourth-order valence-corrected chi connectivity index (χ4v) is 3.99. The lowest BCUT2D eigenvalue weighted by atomic mass is 9.80. The van der Waals surface area contributed by atoms with Gasteiger partial charge in [-0.2, -0.15) is 5.10 Å². The van der Waals surface area contributed by atoms with E-state index in [1.807, 2.05) is 31.3 Å². The summed E-state index contributed by atoms with van der Waals surface area (Å²) in [7, 11) is 0. The van der Waals surface area contributed by atoms with E-state index in [0.29, 0.717) is 24.1 Å². The van der Waals surface area contributed by atoms with Gasteiger partial charge in [-0.3, -0.25) is 9.67 Å². The van der Waals surface area contributed by atoms with Gasteiger partial charge in [-0.25, -0.2) is 19.3 Å². The van der Waals surface area contributed by atoms with Crippen molar-refractivity contribution >= 4 is 18.2 Å². The van der Waals surface area contributed by atoms with Crippen molar-refractivity contribution in [1.29, 1.82) is 0 Å². The summed E-state index contributed by atoms with van der Waals surface area (Å²) in [6.07, 6.45) is 1.66. The van der Waals surface area contributed by atoms with Gasteiger partial charge in [0.2, 0.25) is 0 Å². The van der Waals surface area contributed by atoms with Crippen LogP contribution in [0.3, 0.4) is 0 Å². The van der Waals surface area contributed by atoms with Gasteiger partial charge in [-0.05, 0) is 86.3 Å². The molecule has 2 amide bonds. The van der Waals surface area contributed by atoms with Crippen LogP contribution in [0.25, 0.3) is 11.3 Å². The summed E-state index contributed by atoms with van der Waals surface area (Å²) in [5.74, 6) is -0.475. The number of esters is 1. The van der Waals surface area contributed by atoms with Gasteiger partial charge in [-0.15, -0.1) is 0 Å². The maximum Gasteiger partial charge on any atom is 0.419 e. The monoisotopic (exact) mass is 514 g/mol. The van der Waals surface area contributed by atoms with Crippen LogP contribution in [0.1, 0.15) is 83.5 Å². The first-order chi connectivity index (χ1) is 17.2. The Morgan fingerprint density at radius 3 is 2.14 bits per heavy atom. The lowest BCUT2D eigenvalue weighted by molar-refractivity contribution is -0.00650. The van der Waals surface area contributed by atoms with E-state index in [2.05, 4.69) is 10.1 Å². The number of nitrogens with zero attached hydrogens (tertiary/aromatic N) is 4. The van der Waals surface area contributed by atoms with Crippen LogP contribution in [0.15, 0.2) is 24.4 Å². The minimum absolute atomic E-state index is 0.00383. The summed E-state index contributed by atoms with van der Waals surface area (Å²) < 4.78 is 17.9. The van der Waals surface area contributed by atoms with Crippen molar-refractivity contribution in [3.63, 3.8) is 0 Å². The van der Waals surface area contributed by atoms with E-state index in [1.54, 1.807) is 53.1 Å². The molecular formula is C27H38N4O6. The van der Waals surface area contributed by atoms with Crippen molar-refractivity contribution in [3.8, 4) is 11.3 Å². The number of aryl methyl sites for hydroxylation is 1. The van der Waals surface area contributed by atoms with Crippen molar-refractivity contribution in [2.45, 2.75) is 85.5 Å². The predicted octanol–water partition coefficient (Wildman–Crippen LogP) is 5.55. The molecule has 1 aliphatic rings. The molecule has 1 aliphatic carbocycles. The van der Waals surface area contributed by atoms with Gasteiger partial charge in [-0.1, -0.05) is 6.07 Å². The number of aromatic nitrogens is 3. The summed E-state index contributed by atoms with van der Waals surface area (Å²) in [5, 5.41) is 4.54. The van der Waals surface area contributed by atoms with E-state index in [1.165, 1.54) is 0 Å². The van der Waals surface area contributed by atoms with Crippen molar-refractivity contribution < 1.29 is 28.6 Å². The molecule has 0 radical (unpaired) electrons. The summed E-state index contributed by atoms with van der Waals surface area (Å²) in [5.41, 5.74) is 0.790. The molecule has 2 aromatic rings. The molecule has 10 nitrogen and oxygen atoms in total. The second-order valence-corrected chi connectivity index (χ2v) is 11.3. The van der Waals surface area contributed by atoms with Gasteiger partial charge in [0.25, 0.3) is 0 Å². The Bertz CT molecular complexity index is 1110. The van der Waals surface area contributed by atoms with Gasteiger partial charge in [0.1, 0.15) is 11.2 Å². The second kappa shape index (κ2) is 10.9. The molecule has 3 rings (SSSR count). The molecule has 2 heterocycles. The Labute approximate surface area is 218 Å². The van der Waals surface area contributed by atoms with Crippen molar-refractivity contribution in [3.05, 3.63) is 35.8 Å². The molecule has 0 unspecified atom stereocenters. The number of hydrogen-bond acceptors (Lipinski definition) is 8. The molecule has 0 aliphatic heterocycles. The maximum absolute atomic E-state index is 12.8. The first-order valence-corrected chi connectivity index (χ1v) is 12.6. The largest absolute Gasteiger partial charge is 0.461 e. The molecular weight excluding hydrogens is 476 g/mol. The average molecular weight is 515 g/mol. The first-order valence-electron chi connectivity index (χ1n) is 12.6. The van der Waals surface area contributed by atoms with Crippen LogP contribution >= 0.6 is 0 Å². The van der Waals surface area contributed by atoms with Gasteiger partial charge < -0.3 is 14.2 Å². The lowest BCUT2D eigenvalue weighted by Crippen LogP contribution is -2.47. The second-order valence-electron chi connectivity index (χ2n) is 11.3. The number of ether oxygens (including phenoxy) is 3. The molecule has 10 heteroatoms. The normalized spacial score (nSPS) is 17.5. The molecule has 2 aromatic heterocycles. The number of hydrogen-bond donors (Lipinski definition) is 0. The highest BCUT2D eigenvalue weighted by Crippen LogP contribution is 2.39. The van der Waals surface area contributed by atoms with E-state index < -0.39 is 29.4 Å². The molecule has 37 heavy (non-hydrogen) atoms. The zero-order valence-corrected chi connectivity index (χ0v) is 23.0. The zero-order valence-electron chi connectivity index (χ0n) is 23.0. The van der Waals surface area contributed by atoms with E-state index in [9.17, 15) is 14.4 Å². The van der Waals surface area contributed by atoms with Gasteiger partial charge >= 0.3 is 18.2 Å². The smallest absolute Gasteiger partial charge is 0.419 e. The van der Waals surface area contributed by atoms with Crippen LogP contribution in [-0.4, -0.2) is 62.2 Å². The molecule has 1 fully saturated rings. The van der Waals surface area contributed by atoms with E-state index in [4.69, 9.17) is 14.2 Å². The van der Waals surface area contributed by atoms with Crippen LogP contribution in [0, 0.1) is 12.8 Å². The van der Waals surface area contributed by atoms with Crippen LogP contribution < -0.4 is 0 Å². The number of carbonyl (C=O) groups is 3. The van der Waals surface area contributed by atoms with Crippen molar-refractivity contribution in [1.82, 2.24) is 19.7 Å². The highest BCUT2D eigenvalue weighted by atomic mass is 16.6. The van der Waals surface area contributed by atoms with Crippen molar-refractivity contribution in [2.24, 2.45) is 5.92 Å². The number of amides is 2. The molecule has 0 saturated heterocycles. The highest BCUT2D eigenvalue weighted by Gasteiger charge is 2.39. The van der Waals surface area contributed by atoms with E-state index in [-0.39, 0.29) is 30.8 Å². The van der Waals surface area contributed by atoms with E-state index in [0.717, 1.165) is 10.6 Å². The van der Waals surface area contributed by atoms with E-state index >= 15 is 0 Å². The molecule has 0 atom stereocenters. The Hall–Kier alpha value is -3.43. The Morgan fingerprint density at radius 2 is 1.62 bits per heavy atom. The van der Waals surface area contributed by atoms with Crippen LogP contribution in [-0.2, 0) is 14.2 Å². The summed E-state index contributed by atoms with van der Waals surface area (Å²) >= 11 is 0. The number of rotatable bonds is 6. The van der Waals surface area contributed by atoms with Crippen LogP contribution in [0.2, 0.25) is 0 Å². The maximum atomic E-state index is 12.8. The van der Waals surface area contributed by atoms with Gasteiger partial charge in [0.15, 0.2) is 5.69 Å². The third-order valence-corrected chi connectivity index (χ3v) is 5.62. The zero-order chi connectivity index (χ0) is 27.5. The van der Waals surface area contributed by atoms with Gasteiger partial charge in [0.05, 0.1) is 23.9 Å². The predicted molar refractivity (Wildman–Crippen MR) is 137 cm³/mol. The first kappa shape index (κ1) is 28.1. The molecule has 0 aromatic carbocycles. The molecule has 1 saturated carbocycles. The fourth-order valence-electron chi connectivity index (χ4n) is 3.99. The molecule has 202 valence electrons. The average Bonchev–Trinajstić information content (AvgIpc) is 3.15. The summed E-state index contributed by atoms with van der Waals surface area (Å²) in [6.45, 7) is 14.5.